The number of aliphatic hydroxyl groups excluding tert-OH is 2. The van der Waals surface area contributed by atoms with E-state index in [-0.39, 0.29) is 12.2 Å². The lowest BCUT2D eigenvalue weighted by Crippen LogP contribution is -2.07. The molecule has 0 aromatic heterocycles. The van der Waals surface area contributed by atoms with Gasteiger partial charge in [-0.3, -0.25) is 0 Å². The minimum absolute atomic E-state index is 0.0973. The third kappa shape index (κ3) is 12.2. The molecule has 2 nitrogen and oxygen atoms in total. The maximum Gasteiger partial charge on any atom is 0.0540 e. The molecule has 0 heterocycles. The van der Waals surface area contributed by atoms with Crippen molar-refractivity contribution in [2.45, 2.75) is 96.7 Å². The van der Waals surface area contributed by atoms with E-state index in [9.17, 15) is 10.2 Å². The summed E-state index contributed by atoms with van der Waals surface area (Å²) in [6.45, 7) is 4.31. The first-order valence-corrected chi connectivity index (χ1v) is 7.56. The normalized spacial score (nSPS) is 14.8. The van der Waals surface area contributed by atoms with Crippen molar-refractivity contribution in [2.24, 2.45) is 0 Å². The van der Waals surface area contributed by atoms with E-state index < -0.39 is 0 Å². The summed E-state index contributed by atoms with van der Waals surface area (Å²) in [6, 6.07) is 0. The smallest absolute Gasteiger partial charge is 0.0540 e. The van der Waals surface area contributed by atoms with E-state index in [1.807, 2.05) is 0 Å². The maximum atomic E-state index is 9.66. The molecule has 0 amide bonds. The van der Waals surface area contributed by atoms with Gasteiger partial charge in [0, 0.05) is 0 Å². The van der Waals surface area contributed by atoms with Gasteiger partial charge >= 0.3 is 0 Å². The molecule has 2 atom stereocenters. The Morgan fingerprint density at radius 1 is 0.588 bits per heavy atom. The van der Waals surface area contributed by atoms with E-state index in [2.05, 4.69) is 13.8 Å². The van der Waals surface area contributed by atoms with Crippen LogP contribution in [0.5, 0.6) is 0 Å². The van der Waals surface area contributed by atoms with Crippen LogP contribution in [-0.4, -0.2) is 22.4 Å². The molecule has 0 aliphatic rings. The Labute approximate surface area is 107 Å². The number of rotatable bonds is 12. The van der Waals surface area contributed by atoms with E-state index in [4.69, 9.17) is 0 Å². The first kappa shape index (κ1) is 16.9. The first-order valence-electron chi connectivity index (χ1n) is 7.56. The number of aliphatic hydroxyl groups is 2. The highest BCUT2D eigenvalue weighted by Gasteiger charge is 2.05. The molecule has 0 aliphatic carbocycles. The van der Waals surface area contributed by atoms with Crippen LogP contribution >= 0.6 is 0 Å². The Kier molecular flexibility index (Phi) is 12.3. The summed E-state index contributed by atoms with van der Waals surface area (Å²) in [5.74, 6) is 0. The molecule has 2 unspecified atom stereocenters. The highest BCUT2D eigenvalue weighted by molar-refractivity contribution is 4.59. The quantitative estimate of drug-likeness (QED) is 0.509. The summed E-state index contributed by atoms with van der Waals surface area (Å²) < 4.78 is 0. The Hall–Kier alpha value is -0.0800. The number of hydrogen-bond donors (Lipinski definition) is 2. The zero-order chi connectivity index (χ0) is 12.9. The van der Waals surface area contributed by atoms with Crippen molar-refractivity contribution in [2.75, 3.05) is 0 Å². The molecule has 0 rings (SSSR count). The molecule has 0 radical (unpaired) electrons. The lowest BCUT2D eigenvalue weighted by molar-refractivity contribution is 0.139. The van der Waals surface area contributed by atoms with Gasteiger partial charge in [-0.05, 0) is 25.7 Å². The van der Waals surface area contributed by atoms with Gasteiger partial charge in [-0.15, -0.1) is 0 Å². The van der Waals surface area contributed by atoms with Gasteiger partial charge in [0.1, 0.15) is 0 Å². The predicted molar refractivity (Wildman–Crippen MR) is 74.1 cm³/mol. The minimum atomic E-state index is -0.0973. The monoisotopic (exact) mass is 244 g/mol. The topological polar surface area (TPSA) is 40.5 Å². The van der Waals surface area contributed by atoms with Crippen LogP contribution in [0.4, 0.5) is 0 Å². The molecule has 0 fully saturated rings. The van der Waals surface area contributed by atoms with Crippen molar-refractivity contribution >= 4 is 0 Å². The van der Waals surface area contributed by atoms with Crippen molar-refractivity contribution in [3.8, 4) is 0 Å². The SMILES string of the molecule is CCCCC(O)CCCCCC(O)CCCC. The van der Waals surface area contributed by atoms with Crippen LogP contribution in [0.2, 0.25) is 0 Å². The Morgan fingerprint density at radius 2 is 0.941 bits per heavy atom. The van der Waals surface area contributed by atoms with Crippen LogP contribution in [0.25, 0.3) is 0 Å². The van der Waals surface area contributed by atoms with Crippen LogP contribution in [0.3, 0.4) is 0 Å². The van der Waals surface area contributed by atoms with Crippen molar-refractivity contribution < 1.29 is 10.2 Å². The lowest BCUT2D eigenvalue weighted by atomic mass is 10.0. The molecule has 0 spiro atoms. The van der Waals surface area contributed by atoms with Crippen LogP contribution in [0.1, 0.15) is 84.5 Å². The first-order chi connectivity index (χ1) is 8.20. The molecule has 0 aliphatic heterocycles. The fourth-order valence-electron chi connectivity index (χ4n) is 2.10. The minimum Gasteiger partial charge on any atom is -0.393 e. The van der Waals surface area contributed by atoms with Crippen LogP contribution in [0, 0.1) is 0 Å². The molecule has 2 heteroatoms. The molecule has 2 N–H and O–H groups in total. The Balaban J connectivity index is 3.22. The molecule has 104 valence electrons. The second-order valence-corrected chi connectivity index (χ2v) is 5.23. The van der Waals surface area contributed by atoms with E-state index >= 15 is 0 Å². The Bertz CT molecular complexity index is 132. The zero-order valence-electron chi connectivity index (χ0n) is 11.8. The maximum absolute atomic E-state index is 9.66. The average Bonchev–Trinajstić information content (AvgIpc) is 2.33. The van der Waals surface area contributed by atoms with Crippen LogP contribution in [-0.2, 0) is 0 Å². The molecule has 0 bridgehead atoms. The third-order valence-electron chi connectivity index (χ3n) is 3.36. The van der Waals surface area contributed by atoms with Crippen molar-refractivity contribution in [1.29, 1.82) is 0 Å². The summed E-state index contributed by atoms with van der Waals surface area (Å²) in [5, 5.41) is 19.3. The van der Waals surface area contributed by atoms with Gasteiger partial charge in [0.15, 0.2) is 0 Å². The second-order valence-electron chi connectivity index (χ2n) is 5.23. The molecule has 0 saturated carbocycles. The summed E-state index contributed by atoms with van der Waals surface area (Å²) in [6.07, 6.45) is 11.5. The zero-order valence-corrected chi connectivity index (χ0v) is 11.8. The van der Waals surface area contributed by atoms with Gasteiger partial charge in [0.05, 0.1) is 12.2 Å². The molecule has 17 heavy (non-hydrogen) atoms. The van der Waals surface area contributed by atoms with E-state index in [1.165, 1.54) is 12.8 Å². The lowest BCUT2D eigenvalue weighted by Gasteiger charge is -2.11. The van der Waals surface area contributed by atoms with Crippen LogP contribution < -0.4 is 0 Å². The summed E-state index contributed by atoms with van der Waals surface area (Å²) in [4.78, 5) is 0. The largest absolute Gasteiger partial charge is 0.393 e. The van der Waals surface area contributed by atoms with Crippen molar-refractivity contribution in [3.63, 3.8) is 0 Å². The third-order valence-corrected chi connectivity index (χ3v) is 3.36. The van der Waals surface area contributed by atoms with Gasteiger partial charge in [-0.2, -0.15) is 0 Å². The van der Waals surface area contributed by atoms with E-state index in [1.54, 1.807) is 0 Å². The molecule has 0 aromatic rings. The van der Waals surface area contributed by atoms with Gasteiger partial charge in [-0.1, -0.05) is 58.8 Å². The van der Waals surface area contributed by atoms with Gasteiger partial charge in [0.2, 0.25) is 0 Å². The fraction of sp³-hybridized carbons (Fsp3) is 1.00. The van der Waals surface area contributed by atoms with Gasteiger partial charge < -0.3 is 10.2 Å². The summed E-state index contributed by atoms with van der Waals surface area (Å²) in [7, 11) is 0. The molecular formula is C15H32O2. The highest BCUT2D eigenvalue weighted by atomic mass is 16.3. The Morgan fingerprint density at radius 3 is 1.29 bits per heavy atom. The standard InChI is InChI=1S/C15H32O2/c1-3-5-10-14(16)12-8-7-9-13-15(17)11-6-4-2/h14-17H,3-13H2,1-2H3. The van der Waals surface area contributed by atoms with Crippen LogP contribution in [0.15, 0.2) is 0 Å². The van der Waals surface area contributed by atoms with Crippen molar-refractivity contribution in [3.05, 3.63) is 0 Å². The van der Waals surface area contributed by atoms with Crippen molar-refractivity contribution in [1.82, 2.24) is 0 Å². The number of hydrogen-bond acceptors (Lipinski definition) is 2. The summed E-state index contributed by atoms with van der Waals surface area (Å²) in [5.41, 5.74) is 0. The second kappa shape index (κ2) is 12.4. The predicted octanol–water partition coefficient (Wildman–Crippen LogP) is 4.04. The fourth-order valence-corrected chi connectivity index (χ4v) is 2.10. The van der Waals surface area contributed by atoms with Gasteiger partial charge in [0.25, 0.3) is 0 Å². The average molecular weight is 244 g/mol. The number of unbranched alkanes of at least 4 members (excludes halogenated alkanes) is 4. The molecule has 0 saturated heterocycles. The highest BCUT2D eigenvalue weighted by Crippen LogP contribution is 2.13. The van der Waals surface area contributed by atoms with E-state index in [0.717, 1.165) is 57.8 Å². The van der Waals surface area contributed by atoms with Gasteiger partial charge in [-0.25, -0.2) is 0 Å². The molecular weight excluding hydrogens is 212 g/mol. The molecule has 0 aromatic carbocycles. The van der Waals surface area contributed by atoms with E-state index in [0.29, 0.717) is 0 Å². The summed E-state index contributed by atoms with van der Waals surface area (Å²) >= 11 is 0.